The number of phenols is 2. The standard InChI is InChI=1S/C12H8O3S/c13-7-1-3-9-10-4-2-8(14)6-12(10)16(15)11(9)5-7/h1-6,13-14H. The van der Waals surface area contributed by atoms with Gasteiger partial charge in [0.2, 0.25) is 0 Å². The van der Waals surface area contributed by atoms with E-state index in [-0.39, 0.29) is 11.5 Å². The maximum absolute atomic E-state index is 12.1. The Balaban J connectivity index is 2.34. The quantitative estimate of drug-likeness (QED) is 0.625. The van der Waals surface area contributed by atoms with E-state index in [0.29, 0.717) is 9.79 Å². The first-order valence-electron chi connectivity index (χ1n) is 4.75. The van der Waals surface area contributed by atoms with Crippen LogP contribution >= 0.6 is 0 Å². The van der Waals surface area contributed by atoms with E-state index in [1.165, 1.54) is 12.1 Å². The second-order valence-corrected chi connectivity index (χ2v) is 5.05. The topological polar surface area (TPSA) is 57.5 Å². The number of phenolic OH excluding ortho intramolecular Hbond substituents is 2. The average Bonchev–Trinajstić information content (AvgIpc) is 2.53. The summed E-state index contributed by atoms with van der Waals surface area (Å²) in [5, 5.41) is 18.7. The lowest BCUT2D eigenvalue weighted by atomic mass is 10.1. The van der Waals surface area contributed by atoms with E-state index >= 15 is 0 Å². The van der Waals surface area contributed by atoms with Crippen LogP contribution in [-0.2, 0) is 10.8 Å². The van der Waals surface area contributed by atoms with Crippen molar-refractivity contribution in [2.45, 2.75) is 9.79 Å². The molecule has 0 bridgehead atoms. The van der Waals surface area contributed by atoms with Crippen LogP contribution in [0.1, 0.15) is 0 Å². The highest BCUT2D eigenvalue weighted by Gasteiger charge is 2.26. The molecule has 0 radical (unpaired) electrons. The van der Waals surface area contributed by atoms with Crippen molar-refractivity contribution < 1.29 is 14.4 Å². The molecule has 0 aliphatic carbocycles. The molecular formula is C12H8O3S. The van der Waals surface area contributed by atoms with Crippen LogP contribution in [0.5, 0.6) is 11.5 Å². The second kappa shape index (κ2) is 3.09. The molecule has 3 nitrogen and oxygen atoms in total. The summed E-state index contributed by atoms with van der Waals surface area (Å²) >= 11 is 0. The van der Waals surface area contributed by atoms with Crippen molar-refractivity contribution in [2.24, 2.45) is 0 Å². The Morgan fingerprint density at radius 3 is 1.69 bits per heavy atom. The van der Waals surface area contributed by atoms with E-state index in [0.717, 1.165) is 11.1 Å². The third-order valence-corrected chi connectivity index (χ3v) is 4.09. The summed E-state index contributed by atoms with van der Waals surface area (Å²) in [6.45, 7) is 0. The Morgan fingerprint density at radius 2 is 1.25 bits per heavy atom. The van der Waals surface area contributed by atoms with Crippen LogP contribution in [-0.4, -0.2) is 14.4 Å². The summed E-state index contributed by atoms with van der Waals surface area (Å²) < 4.78 is 12.1. The van der Waals surface area contributed by atoms with Crippen molar-refractivity contribution in [3.63, 3.8) is 0 Å². The average molecular weight is 232 g/mol. The van der Waals surface area contributed by atoms with Gasteiger partial charge in [-0.1, -0.05) is 0 Å². The fraction of sp³-hybridized carbons (Fsp3) is 0. The minimum Gasteiger partial charge on any atom is -0.508 e. The fourth-order valence-corrected chi connectivity index (χ4v) is 3.34. The molecule has 2 N–H and O–H groups in total. The zero-order valence-electron chi connectivity index (χ0n) is 8.18. The van der Waals surface area contributed by atoms with Crippen molar-refractivity contribution >= 4 is 10.8 Å². The Labute approximate surface area is 94.4 Å². The molecular weight excluding hydrogens is 224 g/mol. The highest BCUT2D eigenvalue weighted by molar-refractivity contribution is 7.85. The van der Waals surface area contributed by atoms with Gasteiger partial charge in [-0.2, -0.15) is 0 Å². The van der Waals surface area contributed by atoms with Crippen molar-refractivity contribution in [2.75, 3.05) is 0 Å². The molecule has 0 saturated carbocycles. The summed E-state index contributed by atoms with van der Waals surface area (Å²) in [6.07, 6.45) is 0. The molecule has 0 aromatic heterocycles. The Bertz CT molecular complexity index is 566. The third kappa shape index (κ3) is 1.17. The summed E-state index contributed by atoms with van der Waals surface area (Å²) in [5.41, 5.74) is 1.71. The van der Waals surface area contributed by atoms with Gasteiger partial charge >= 0.3 is 0 Å². The predicted octanol–water partition coefficient (Wildman–Crippen LogP) is 2.24. The van der Waals surface area contributed by atoms with Crippen LogP contribution in [0.25, 0.3) is 11.1 Å². The zero-order chi connectivity index (χ0) is 11.3. The number of benzene rings is 2. The normalized spacial score (nSPS) is 13.5. The molecule has 4 heteroatoms. The van der Waals surface area contributed by atoms with E-state index in [2.05, 4.69) is 0 Å². The first-order chi connectivity index (χ1) is 7.66. The van der Waals surface area contributed by atoms with E-state index in [4.69, 9.17) is 0 Å². The number of rotatable bonds is 0. The first-order valence-corrected chi connectivity index (χ1v) is 5.90. The number of fused-ring (bicyclic) bond motifs is 3. The monoisotopic (exact) mass is 232 g/mol. The first kappa shape index (κ1) is 9.42. The third-order valence-electron chi connectivity index (χ3n) is 2.62. The minimum absolute atomic E-state index is 0.101. The molecule has 1 aliphatic rings. The molecule has 0 fully saturated rings. The van der Waals surface area contributed by atoms with Gasteiger partial charge < -0.3 is 10.2 Å². The molecule has 0 saturated heterocycles. The molecule has 0 spiro atoms. The van der Waals surface area contributed by atoms with Crippen LogP contribution in [0.2, 0.25) is 0 Å². The maximum Gasteiger partial charge on any atom is 0.116 e. The SMILES string of the molecule is O=S1c2cc(O)ccc2-c2ccc(O)cc21. The van der Waals surface area contributed by atoms with Gasteiger partial charge in [-0.05, 0) is 47.5 Å². The molecule has 0 atom stereocenters. The van der Waals surface area contributed by atoms with Crippen molar-refractivity contribution in [3.05, 3.63) is 36.4 Å². The summed E-state index contributed by atoms with van der Waals surface area (Å²) in [4.78, 5) is 1.20. The maximum atomic E-state index is 12.1. The van der Waals surface area contributed by atoms with Crippen molar-refractivity contribution in [3.8, 4) is 22.6 Å². The van der Waals surface area contributed by atoms with Crippen LogP contribution in [0.3, 0.4) is 0 Å². The molecule has 2 aromatic rings. The molecule has 1 aliphatic heterocycles. The summed E-state index contributed by atoms with van der Waals surface area (Å²) in [6, 6.07) is 9.62. The van der Waals surface area contributed by atoms with Gasteiger partial charge in [0, 0.05) is 0 Å². The lowest BCUT2D eigenvalue weighted by molar-refractivity contribution is 0.473. The van der Waals surface area contributed by atoms with E-state index in [9.17, 15) is 14.4 Å². The molecule has 0 amide bonds. The minimum atomic E-state index is -1.31. The van der Waals surface area contributed by atoms with Gasteiger partial charge in [-0.25, -0.2) is 4.21 Å². The molecule has 0 unspecified atom stereocenters. The highest BCUT2D eigenvalue weighted by Crippen LogP contribution is 2.42. The van der Waals surface area contributed by atoms with Gasteiger partial charge in [0.15, 0.2) is 0 Å². The molecule has 3 rings (SSSR count). The highest BCUT2D eigenvalue weighted by atomic mass is 32.2. The molecule has 80 valence electrons. The van der Waals surface area contributed by atoms with Crippen LogP contribution < -0.4 is 0 Å². The van der Waals surface area contributed by atoms with Gasteiger partial charge in [-0.15, -0.1) is 0 Å². The molecule has 16 heavy (non-hydrogen) atoms. The lowest BCUT2D eigenvalue weighted by Gasteiger charge is -1.99. The van der Waals surface area contributed by atoms with E-state index in [1.54, 1.807) is 24.3 Å². The van der Waals surface area contributed by atoms with Gasteiger partial charge in [0.1, 0.15) is 11.5 Å². The second-order valence-electron chi connectivity index (χ2n) is 3.63. The fourth-order valence-electron chi connectivity index (χ4n) is 1.89. The molecule has 1 heterocycles. The number of hydrogen-bond donors (Lipinski definition) is 2. The van der Waals surface area contributed by atoms with E-state index in [1.807, 2.05) is 0 Å². The van der Waals surface area contributed by atoms with Crippen LogP contribution in [0.15, 0.2) is 46.2 Å². The van der Waals surface area contributed by atoms with Gasteiger partial charge in [0.25, 0.3) is 0 Å². The molecule has 2 aromatic carbocycles. The lowest BCUT2D eigenvalue weighted by Crippen LogP contribution is -1.85. The largest absolute Gasteiger partial charge is 0.508 e. The van der Waals surface area contributed by atoms with E-state index < -0.39 is 10.8 Å². The van der Waals surface area contributed by atoms with Gasteiger partial charge in [-0.3, -0.25) is 0 Å². The van der Waals surface area contributed by atoms with Crippen LogP contribution in [0, 0.1) is 0 Å². The van der Waals surface area contributed by atoms with Crippen molar-refractivity contribution in [1.82, 2.24) is 0 Å². The Hall–Kier alpha value is -1.81. The zero-order valence-corrected chi connectivity index (χ0v) is 8.99. The smallest absolute Gasteiger partial charge is 0.116 e. The number of hydrogen-bond acceptors (Lipinski definition) is 3. The van der Waals surface area contributed by atoms with Gasteiger partial charge in [0.05, 0.1) is 20.6 Å². The van der Waals surface area contributed by atoms with Crippen LogP contribution in [0.4, 0.5) is 0 Å². The Kier molecular flexibility index (Phi) is 1.82. The van der Waals surface area contributed by atoms with Crippen molar-refractivity contribution in [1.29, 1.82) is 0 Å². The summed E-state index contributed by atoms with van der Waals surface area (Å²) in [5.74, 6) is 0.202. The predicted molar refractivity (Wildman–Crippen MR) is 59.9 cm³/mol. The Morgan fingerprint density at radius 1 is 0.812 bits per heavy atom. The number of aromatic hydroxyl groups is 2. The summed E-state index contributed by atoms with van der Waals surface area (Å²) in [7, 11) is -1.31.